The van der Waals surface area contributed by atoms with Crippen molar-refractivity contribution in [2.45, 2.75) is 50.7 Å². The second-order valence-corrected chi connectivity index (χ2v) is 7.00. The first kappa shape index (κ1) is 9.36. The zero-order chi connectivity index (χ0) is 9.97. The van der Waals surface area contributed by atoms with Gasteiger partial charge in [0.05, 0.1) is 15.7 Å². The second kappa shape index (κ2) is 2.62. The molecule has 3 saturated carbocycles. The summed E-state index contributed by atoms with van der Waals surface area (Å²) < 4.78 is 0. The molecule has 0 heterocycles. The molecule has 0 aromatic heterocycles. The van der Waals surface area contributed by atoms with Crippen LogP contribution in [0.25, 0.3) is 0 Å². The van der Waals surface area contributed by atoms with Gasteiger partial charge in [0, 0.05) is 0 Å². The van der Waals surface area contributed by atoms with Crippen LogP contribution in [-0.2, 0) is 0 Å². The predicted octanol–water partition coefficient (Wildman–Crippen LogP) is 1.61. The lowest BCUT2D eigenvalue weighted by atomic mass is 9.49. The Morgan fingerprint density at radius 2 is 2.21 bits per heavy atom. The Labute approximate surface area is 90.0 Å². The van der Waals surface area contributed by atoms with Crippen LogP contribution in [-0.4, -0.2) is 15.7 Å². The minimum atomic E-state index is 0.609. The largest absolute Gasteiger partial charge is 0.0992 e. The van der Waals surface area contributed by atoms with Crippen LogP contribution in [0.1, 0.15) is 45.4 Å². The third-order valence-corrected chi connectivity index (χ3v) is 5.88. The van der Waals surface area contributed by atoms with Gasteiger partial charge in [-0.15, -0.1) is 0 Å². The molecule has 4 unspecified atom stereocenters. The average Bonchev–Trinajstić information content (AvgIpc) is 2.83. The molecule has 3 aliphatic carbocycles. The van der Waals surface area contributed by atoms with Crippen molar-refractivity contribution in [3.63, 3.8) is 0 Å². The molecule has 0 radical (unpaired) electrons. The van der Waals surface area contributed by atoms with Crippen LogP contribution >= 0.6 is 0 Å². The lowest BCUT2D eigenvalue weighted by Crippen LogP contribution is -2.24. The molecule has 3 fully saturated rings. The van der Waals surface area contributed by atoms with Gasteiger partial charge in [-0.05, 0) is 48.9 Å². The second-order valence-electron chi connectivity index (χ2n) is 7.00. The SMILES string of the molecule is BC(B)(CC)CC1CC2CCC23CC13. The highest BCUT2D eigenvalue weighted by atomic mass is 14.7. The maximum atomic E-state index is 2.46. The average molecular weight is 188 g/mol. The lowest BCUT2D eigenvalue weighted by molar-refractivity contribution is 0.163. The van der Waals surface area contributed by atoms with E-state index in [4.69, 9.17) is 0 Å². The standard InChI is InChI=1S/C12H22B2/c1-2-12(13,14)6-8-5-9-3-4-11(9)7-10(8)11/h8-10H,2-7,13-14H2,1H3. The van der Waals surface area contributed by atoms with Gasteiger partial charge in [-0.1, -0.05) is 25.0 Å². The van der Waals surface area contributed by atoms with Crippen LogP contribution in [0.4, 0.5) is 0 Å². The van der Waals surface area contributed by atoms with Gasteiger partial charge in [0.2, 0.25) is 0 Å². The highest BCUT2D eigenvalue weighted by molar-refractivity contribution is 6.39. The van der Waals surface area contributed by atoms with Crippen LogP contribution in [0.3, 0.4) is 0 Å². The summed E-state index contributed by atoms with van der Waals surface area (Å²) in [7, 11) is 4.92. The van der Waals surface area contributed by atoms with E-state index in [0.717, 1.165) is 11.3 Å². The Hall–Kier alpha value is 0.130. The third kappa shape index (κ3) is 1.09. The first-order chi connectivity index (χ1) is 6.57. The Kier molecular flexibility index (Phi) is 1.76. The molecule has 0 saturated heterocycles. The normalized spacial score (nSPS) is 49.4. The maximum absolute atomic E-state index is 2.46. The van der Waals surface area contributed by atoms with Crippen molar-refractivity contribution in [1.82, 2.24) is 0 Å². The van der Waals surface area contributed by atoms with E-state index in [2.05, 4.69) is 22.6 Å². The van der Waals surface area contributed by atoms with Crippen LogP contribution in [0, 0.1) is 23.2 Å². The zero-order valence-electron chi connectivity index (χ0n) is 9.97. The van der Waals surface area contributed by atoms with Crippen molar-refractivity contribution in [3.8, 4) is 0 Å². The number of hydrogen-bond acceptors (Lipinski definition) is 0. The van der Waals surface area contributed by atoms with Gasteiger partial charge in [-0.25, -0.2) is 0 Å². The van der Waals surface area contributed by atoms with E-state index in [1.54, 1.807) is 25.7 Å². The van der Waals surface area contributed by atoms with E-state index in [-0.39, 0.29) is 0 Å². The monoisotopic (exact) mass is 188 g/mol. The fourth-order valence-corrected chi connectivity index (χ4v) is 4.42. The summed E-state index contributed by atoms with van der Waals surface area (Å²) in [5, 5.41) is 0.609. The minimum Gasteiger partial charge on any atom is -0.0845 e. The Morgan fingerprint density at radius 1 is 1.43 bits per heavy atom. The molecule has 0 aromatic carbocycles. The third-order valence-electron chi connectivity index (χ3n) is 5.88. The van der Waals surface area contributed by atoms with Gasteiger partial charge in [-0.3, -0.25) is 0 Å². The van der Waals surface area contributed by atoms with E-state index in [1.165, 1.54) is 24.7 Å². The van der Waals surface area contributed by atoms with Crippen molar-refractivity contribution >= 4 is 15.7 Å². The van der Waals surface area contributed by atoms with E-state index in [9.17, 15) is 0 Å². The molecule has 3 aliphatic rings. The molecule has 0 aromatic rings. The summed E-state index contributed by atoms with van der Waals surface area (Å²) in [5.74, 6) is 3.45. The van der Waals surface area contributed by atoms with Crippen molar-refractivity contribution < 1.29 is 0 Å². The summed E-state index contributed by atoms with van der Waals surface area (Å²) in [6, 6.07) is 0. The molecule has 76 valence electrons. The summed E-state index contributed by atoms with van der Waals surface area (Å²) in [6.07, 6.45) is 9.22. The highest BCUT2D eigenvalue weighted by Crippen LogP contribution is 2.78. The molecule has 0 N–H and O–H groups in total. The van der Waals surface area contributed by atoms with Crippen LogP contribution in [0.2, 0.25) is 5.21 Å². The Morgan fingerprint density at radius 3 is 2.57 bits per heavy atom. The fourth-order valence-electron chi connectivity index (χ4n) is 4.42. The van der Waals surface area contributed by atoms with Gasteiger partial charge < -0.3 is 0 Å². The Bertz CT molecular complexity index is 261. The lowest BCUT2D eigenvalue weighted by Gasteiger charge is -2.34. The molecule has 0 aliphatic heterocycles. The molecule has 0 bridgehead atoms. The molecule has 0 nitrogen and oxygen atoms in total. The van der Waals surface area contributed by atoms with Crippen LogP contribution in [0.15, 0.2) is 0 Å². The highest BCUT2D eigenvalue weighted by Gasteiger charge is 2.70. The molecule has 2 heteroatoms. The molecule has 1 spiro atoms. The quantitative estimate of drug-likeness (QED) is 0.590. The van der Waals surface area contributed by atoms with E-state index in [0.29, 0.717) is 5.21 Å². The van der Waals surface area contributed by atoms with Crippen molar-refractivity contribution in [3.05, 3.63) is 0 Å². The molecular formula is C12H22B2. The van der Waals surface area contributed by atoms with Gasteiger partial charge in [0.1, 0.15) is 0 Å². The topological polar surface area (TPSA) is 0 Å². The number of hydrogen-bond donors (Lipinski definition) is 0. The Balaban J connectivity index is 1.66. The first-order valence-corrected chi connectivity index (χ1v) is 6.57. The predicted molar refractivity (Wildman–Crippen MR) is 66.1 cm³/mol. The molecule has 4 atom stereocenters. The van der Waals surface area contributed by atoms with Crippen molar-refractivity contribution in [1.29, 1.82) is 0 Å². The maximum Gasteiger partial charge on any atom is 0.0992 e. The molecule has 3 rings (SSSR count). The summed E-state index contributed by atoms with van der Waals surface area (Å²) in [4.78, 5) is 0. The van der Waals surface area contributed by atoms with E-state index >= 15 is 0 Å². The van der Waals surface area contributed by atoms with Gasteiger partial charge >= 0.3 is 0 Å². The summed E-state index contributed by atoms with van der Waals surface area (Å²) in [5.41, 5.74) is 0.939. The van der Waals surface area contributed by atoms with Gasteiger partial charge in [-0.2, -0.15) is 0 Å². The van der Waals surface area contributed by atoms with Crippen molar-refractivity contribution in [2.75, 3.05) is 0 Å². The molecule has 0 amide bonds. The van der Waals surface area contributed by atoms with Gasteiger partial charge in [0.25, 0.3) is 0 Å². The van der Waals surface area contributed by atoms with Crippen LogP contribution in [0.5, 0.6) is 0 Å². The van der Waals surface area contributed by atoms with E-state index in [1.807, 2.05) is 0 Å². The fraction of sp³-hybridized carbons (Fsp3) is 1.00. The first-order valence-electron chi connectivity index (χ1n) is 6.57. The summed E-state index contributed by atoms with van der Waals surface area (Å²) in [6.45, 7) is 2.35. The zero-order valence-corrected chi connectivity index (χ0v) is 9.97. The smallest absolute Gasteiger partial charge is 0.0845 e. The van der Waals surface area contributed by atoms with Gasteiger partial charge in [0.15, 0.2) is 0 Å². The minimum absolute atomic E-state index is 0.609. The number of rotatable bonds is 3. The molecule has 14 heavy (non-hydrogen) atoms. The molecular weight excluding hydrogens is 166 g/mol. The van der Waals surface area contributed by atoms with Crippen molar-refractivity contribution in [2.24, 2.45) is 23.2 Å². The van der Waals surface area contributed by atoms with Crippen LogP contribution < -0.4 is 0 Å². The van der Waals surface area contributed by atoms with E-state index < -0.39 is 0 Å². The summed E-state index contributed by atoms with van der Waals surface area (Å²) >= 11 is 0.